The highest BCUT2D eigenvalue weighted by Gasteiger charge is 2.34. The molecule has 0 aliphatic rings. The van der Waals surface area contributed by atoms with Gasteiger partial charge in [-0.15, -0.1) is 0 Å². The van der Waals surface area contributed by atoms with Crippen molar-refractivity contribution in [3.63, 3.8) is 0 Å². The van der Waals surface area contributed by atoms with Crippen molar-refractivity contribution < 1.29 is 30.8 Å². The predicted molar refractivity (Wildman–Crippen MR) is 90.0 cm³/mol. The largest absolute Gasteiger partial charge is 0.439 e. The molecular formula is C18H12F3NO4S. The summed E-state index contributed by atoms with van der Waals surface area (Å²) < 4.78 is 68.9. The maximum atomic E-state index is 13.0. The van der Waals surface area contributed by atoms with Crippen LogP contribution in [0.4, 0.5) is 18.9 Å². The third-order valence-corrected chi connectivity index (χ3v) is 5.25. The second-order valence-corrected chi connectivity index (χ2v) is 7.31. The van der Waals surface area contributed by atoms with Crippen LogP contribution in [-0.4, -0.2) is 14.3 Å². The average molecular weight is 395 g/mol. The predicted octanol–water partition coefficient (Wildman–Crippen LogP) is 4.38. The molecule has 2 aromatic carbocycles. The van der Waals surface area contributed by atoms with Crippen LogP contribution in [0.5, 0.6) is 0 Å². The number of sulfone groups is 1. The molecule has 0 aliphatic heterocycles. The van der Waals surface area contributed by atoms with Crippen LogP contribution in [0.1, 0.15) is 16.1 Å². The Kier molecular flexibility index (Phi) is 4.79. The molecule has 1 heterocycles. The first-order valence-corrected chi connectivity index (χ1v) is 9.05. The van der Waals surface area contributed by atoms with Crippen LogP contribution in [-0.2, 0) is 16.0 Å². The van der Waals surface area contributed by atoms with E-state index >= 15 is 0 Å². The highest BCUT2D eigenvalue weighted by molar-refractivity contribution is 7.91. The molecule has 9 heteroatoms. The number of hydrogen-bond donors (Lipinski definition) is 1. The Morgan fingerprint density at radius 3 is 2.19 bits per heavy atom. The number of anilines is 1. The van der Waals surface area contributed by atoms with Crippen LogP contribution in [0.25, 0.3) is 0 Å². The van der Waals surface area contributed by atoms with E-state index < -0.39 is 44.0 Å². The van der Waals surface area contributed by atoms with Crippen molar-refractivity contribution in [2.75, 3.05) is 5.32 Å². The van der Waals surface area contributed by atoms with Gasteiger partial charge in [0.15, 0.2) is 5.76 Å². The van der Waals surface area contributed by atoms with Gasteiger partial charge in [-0.05, 0) is 36.4 Å². The SMILES string of the molecule is O=C(Nc1ccccc1C(F)(F)F)c1ccc(S(=O)(=O)c2ccccc2)o1. The minimum atomic E-state index is -4.66. The molecule has 0 unspecified atom stereocenters. The summed E-state index contributed by atoms with van der Waals surface area (Å²) in [5.74, 6) is -1.43. The first-order chi connectivity index (χ1) is 12.7. The van der Waals surface area contributed by atoms with Crippen molar-refractivity contribution in [3.8, 4) is 0 Å². The van der Waals surface area contributed by atoms with E-state index in [1.165, 1.54) is 36.4 Å². The third kappa shape index (κ3) is 3.87. The number of hydrogen-bond acceptors (Lipinski definition) is 4. The monoisotopic (exact) mass is 395 g/mol. The zero-order valence-corrected chi connectivity index (χ0v) is 14.3. The minimum absolute atomic E-state index is 0.0336. The van der Waals surface area contributed by atoms with Crippen LogP contribution < -0.4 is 5.32 Å². The summed E-state index contributed by atoms with van der Waals surface area (Å²) in [4.78, 5) is 12.2. The number of benzene rings is 2. The summed E-state index contributed by atoms with van der Waals surface area (Å²) in [7, 11) is -3.98. The molecule has 3 rings (SSSR count). The van der Waals surface area contributed by atoms with Gasteiger partial charge in [-0.1, -0.05) is 30.3 Å². The standard InChI is InChI=1S/C18H12F3NO4S/c19-18(20,21)13-8-4-5-9-14(13)22-17(23)15-10-11-16(26-15)27(24,25)12-6-2-1-3-7-12/h1-11H,(H,22,23). The first-order valence-electron chi connectivity index (χ1n) is 7.57. The Balaban J connectivity index is 1.87. The van der Waals surface area contributed by atoms with Crippen LogP contribution in [0.2, 0.25) is 0 Å². The van der Waals surface area contributed by atoms with E-state index in [1.807, 2.05) is 0 Å². The van der Waals surface area contributed by atoms with E-state index in [1.54, 1.807) is 6.07 Å². The van der Waals surface area contributed by atoms with Crippen molar-refractivity contribution in [1.29, 1.82) is 0 Å². The number of carbonyl (C=O) groups is 1. The Hall–Kier alpha value is -3.07. The normalized spacial score (nSPS) is 12.0. The average Bonchev–Trinajstić information content (AvgIpc) is 3.13. The number of halogens is 3. The molecule has 5 nitrogen and oxygen atoms in total. The van der Waals surface area contributed by atoms with Gasteiger partial charge in [0.1, 0.15) is 0 Å². The van der Waals surface area contributed by atoms with Crippen LogP contribution in [0, 0.1) is 0 Å². The molecule has 0 spiro atoms. The lowest BCUT2D eigenvalue weighted by molar-refractivity contribution is -0.136. The quantitative estimate of drug-likeness (QED) is 0.711. The second-order valence-electron chi connectivity index (χ2n) is 5.43. The molecule has 0 aliphatic carbocycles. The molecule has 0 fully saturated rings. The lowest BCUT2D eigenvalue weighted by Crippen LogP contribution is -2.16. The van der Waals surface area contributed by atoms with Gasteiger partial charge < -0.3 is 9.73 Å². The fourth-order valence-corrected chi connectivity index (χ4v) is 3.52. The number of alkyl halides is 3. The molecule has 3 aromatic rings. The second kappa shape index (κ2) is 6.92. The summed E-state index contributed by atoms with van der Waals surface area (Å²) in [6.07, 6.45) is -4.66. The number of amides is 1. The minimum Gasteiger partial charge on any atom is -0.439 e. The zero-order valence-electron chi connectivity index (χ0n) is 13.5. The molecule has 27 heavy (non-hydrogen) atoms. The summed E-state index contributed by atoms with van der Waals surface area (Å²) in [6, 6.07) is 14.0. The molecule has 1 aromatic heterocycles. The van der Waals surface area contributed by atoms with Gasteiger partial charge in [-0.3, -0.25) is 4.79 Å². The third-order valence-electron chi connectivity index (χ3n) is 3.60. The van der Waals surface area contributed by atoms with Gasteiger partial charge in [0.25, 0.3) is 5.91 Å². The maximum absolute atomic E-state index is 13.0. The highest BCUT2D eigenvalue weighted by Crippen LogP contribution is 2.34. The number of nitrogens with one attached hydrogen (secondary N) is 1. The lowest BCUT2D eigenvalue weighted by Gasteiger charge is -2.12. The fraction of sp³-hybridized carbons (Fsp3) is 0.0556. The molecule has 0 saturated carbocycles. The van der Waals surface area contributed by atoms with Gasteiger partial charge in [0, 0.05) is 0 Å². The first kappa shape index (κ1) is 18.7. The Morgan fingerprint density at radius 2 is 1.52 bits per heavy atom. The van der Waals surface area contributed by atoms with Crippen LogP contribution in [0.15, 0.2) is 81.1 Å². The van der Waals surface area contributed by atoms with E-state index in [0.29, 0.717) is 0 Å². The molecular weight excluding hydrogens is 383 g/mol. The van der Waals surface area contributed by atoms with Crippen LogP contribution >= 0.6 is 0 Å². The van der Waals surface area contributed by atoms with Gasteiger partial charge in [-0.25, -0.2) is 8.42 Å². The van der Waals surface area contributed by atoms with Crippen molar-refractivity contribution in [1.82, 2.24) is 0 Å². The summed E-state index contributed by atoms with van der Waals surface area (Å²) in [5.41, 5.74) is -1.49. The number of para-hydroxylation sites is 1. The lowest BCUT2D eigenvalue weighted by atomic mass is 10.1. The Bertz CT molecular complexity index is 1070. The Morgan fingerprint density at radius 1 is 0.889 bits per heavy atom. The maximum Gasteiger partial charge on any atom is 0.418 e. The molecule has 1 amide bonds. The zero-order chi connectivity index (χ0) is 19.7. The summed E-state index contributed by atoms with van der Waals surface area (Å²) >= 11 is 0. The summed E-state index contributed by atoms with van der Waals surface area (Å²) in [6.45, 7) is 0. The van der Waals surface area contributed by atoms with E-state index in [0.717, 1.165) is 24.3 Å². The van der Waals surface area contributed by atoms with Gasteiger partial charge in [0.05, 0.1) is 16.1 Å². The number of furan rings is 1. The molecule has 1 N–H and O–H groups in total. The van der Waals surface area contributed by atoms with Gasteiger partial charge in [-0.2, -0.15) is 13.2 Å². The Labute approximate surface area is 152 Å². The summed E-state index contributed by atoms with van der Waals surface area (Å²) in [5, 5.41) is 1.61. The smallest absolute Gasteiger partial charge is 0.418 e. The van der Waals surface area contributed by atoms with Crippen molar-refractivity contribution in [2.45, 2.75) is 16.2 Å². The molecule has 140 valence electrons. The molecule has 0 radical (unpaired) electrons. The number of carbonyl (C=O) groups excluding carboxylic acids is 1. The highest BCUT2D eigenvalue weighted by atomic mass is 32.2. The van der Waals surface area contributed by atoms with E-state index in [2.05, 4.69) is 5.32 Å². The topological polar surface area (TPSA) is 76.4 Å². The molecule has 0 saturated heterocycles. The van der Waals surface area contributed by atoms with Gasteiger partial charge in [0.2, 0.25) is 14.9 Å². The van der Waals surface area contributed by atoms with Crippen LogP contribution in [0.3, 0.4) is 0 Å². The van der Waals surface area contributed by atoms with Gasteiger partial charge >= 0.3 is 6.18 Å². The van der Waals surface area contributed by atoms with E-state index in [9.17, 15) is 26.4 Å². The molecule has 0 bridgehead atoms. The van der Waals surface area contributed by atoms with E-state index in [-0.39, 0.29) is 4.90 Å². The molecule has 0 atom stereocenters. The van der Waals surface area contributed by atoms with Crippen molar-refractivity contribution in [2.24, 2.45) is 0 Å². The fourth-order valence-electron chi connectivity index (χ4n) is 2.33. The van der Waals surface area contributed by atoms with Crippen molar-refractivity contribution >= 4 is 21.4 Å². The van der Waals surface area contributed by atoms with Crippen molar-refractivity contribution in [3.05, 3.63) is 78.1 Å². The van der Waals surface area contributed by atoms with E-state index in [4.69, 9.17) is 4.42 Å². The number of rotatable bonds is 4.